The zero-order valence-electron chi connectivity index (χ0n) is 11.3. The molecule has 0 spiro atoms. The molecule has 0 saturated carbocycles. The van der Waals surface area contributed by atoms with E-state index in [9.17, 15) is 9.59 Å². The normalized spacial score (nSPS) is 11.4. The van der Waals surface area contributed by atoms with Crippen molar-refractivity contribution < 1.29 is 19.4 Å². The Morgan fingerprint density at radius 3 is 2.37 bits per heavy atom. The van der Waals surface area contributed by atoms with Crippen LogP contribution in [0.4, 0.5) is 4.79 Å². The second kappa shape index (κ2) is 10.1. The summed E-state index contributed by atoms with van der Waals surface area (Å²) >= 11 is 0. The number of aliphatic carboxylic acids is 1. The molecular formula is C13H22N2O4. The van der Waals surface area contributed by atoms with Gasteiger partial charge in [-0.15, -0.1) is 13.2 Å². The molecule has 1 atom stereocenters. The molecule has 6 heteroatoms. The number of carboxylic acids is 1. The van der Waals surface area contributed by atoms with E-state index in [1.54, 1.807) is 19.3 Å². The van der Waals surface area contributed by atoms with Gasteiger partial charge in [-0.25, -0.2) is 9.59 Å². The lowest BCUT2D eigenvalue weighted by Gasteiger charge is -2.22. The molecule has 0 aliphatic carbocycles. The number of carbonyl (C=O) groups is 2. The Labute approximate surface area is 113 Å². The fraction of sp³-hybridized carbons (Fsp3) is 0.538. The first-order chi connectivity index (χ1) is 9.06. The first-order valence-corrected chi connectivity index (χ1v) is 6.05. The van der Waals surface area contributed by atoms with Crippen molar-refractivity contribution in [3.8, 4) is 0 Å². The van der Waals surface area contributed by atoms with Crippen LogP contribution < -0.4 is 5.32 Å². The minimum atomic E-state index is -1.05. The molecule has 0 heterocycles. The molecule has 0 aromatic rings. The van der Waals surface area contributed by atoms with Crippen molar-refractivity contribution in [3.63, 3.8) is 0 Å². The summed E-state index contributed by atoms with van der Waals surface area (Å²) in [6.07, 6.45) is 4.04. The molecule has 6 nitrogen and oxygen atoms in total. The summed E-state index contributed by atoms with van der Waals surface area (Å²) in [7, 11) is 1.55. The number of rotatable bonds is 10. The van der Waals surface area contributed by atoms with E-state index in [1.807, 2.05) is 0 Å². The molecule has 0 aliphatic rings. The number of amides is 2. The number of carbonyl (C=O) groups excluding carboxylic acids is 1. The summed E-state index contributed by atoms with van der Waals surface area (Å²) in [6, 6.07) is -1.36. The number of nitrogens with zero attached hydrogens (tertiary/aromatic N) is 1. The van der Waals surface area contributed by atoms with E-state index >= 15 is 0 Å². The zero-order valence-corrected chi connectivity index (χ0v) is 11.3. The van der Waals surface area contributed by atoms with E-state index in [0.717, 1.165) is 0 Å². The summed E-state index contributed by atoms with van der Waals surface area (Å²) in [5, 5.41) is 11.5. The summed E-state index contributed by atoms with van der Waals surface area (Å²) in [5.41, 5.74) is 0. The first kappa shape index (κ1) is 17.2. The molecule has 0 saturated heterocycles. The number of methoxy groups -OCH3 is 1. The Morgan fingerprint density at radius 1 is 1.37 bits per heavy atom. The third-order valence-electron chi connectivity index (χ3n) is 2.42. The number of ether oxygens (including phenoxy) is 1. The largest absolute Gasteiger partial charge is 0.480 e. The molecule has 1 unspecified atom stereocenters. The van der Waals surface area contributed by atoms with Gasteiger partial charge < -0.3 is 20.1 Å². The summed E-state index contributed by atoms with van der Waals surface area (Å²) in [5.74, 6) is -1.05. The Balaban J connectivity index is 4.45. The van der Waals surface area contributed by atoms with Gasteiger partial charge >= 0.3 is 12.0 Å². The predicted octanol–water partition coefficient (Wildman–Crippen LogP) is 1.25. The molecule has 0 fully saturated rings. The molecule has 108 valence electrons. The third kappa shape index (κ3) is 7.25. The maximum atomic E-state index is 11.9. The number of hydrogen-bond donors (Lipinski definition) is 2. The number of hydrogen-bond acceptors (Lipinski definition) is 3. The average molecular weight is 270 g/mol. The van der Waals surface area contributed by atoms with Gasteiger partial charge in [0, 0.05) is 26.8 Å². The van der Waals surface area contributed by atoms with Crippen molar-refractivity contribution in [1.82, 2.24) is 10.2 Å². The number of urea groups is 1. The maximum absolute atomic E-state index is 11.9. The monoisotopic (exact) mass is 270 g/mol. The molecule has 2 N–H and O–H groups in total. The fourth-order valence-electron chi connectivity index (χ4n) is 1.48. The Hall–Kier alpha value is -1.82. The number of nitrogens with one attached hydrogen (secondary N) is 1. The van der Waals surface area contributed by atoms with Crippen molar-refractivity contribution in [2.24, 2.45) is 0 Å². The van der Waals surface area contributed by atoms with Crippen LogP contribution in [-0.4, -0.2) is 54.9 Å². The highest BCUT2D eigenvalue weighted by atomic mass is 16.5. The smallest absolute Gasteiger partial charge is 0.326 e. The van der Waals surface area contributed by atoms with Crippen LogP contribution in [-0.2, 0) is 9.53 Å². The van der Waals surface area contributed by atoms with E-state index in [0.29, 0.717) is 32.5 Å². The summed E-state index contributed by atoms with van der Waals surface area (Å²) in [6.45, 7) is 8.23. The lowest BCUT2D eigenvalue weighted by atomic mass is 10.1. The average Bonchev–Trinajstić information content (AvgIpc) is 2.37. The van der Waals surface area contributed by atoms with Crippen molar-refractivity contribution in [2.75, 3.05) is 26.8 Å². The molecule has 0 aromatic carbocycles. The van der Waals surface area contributed by atoms with Gasteiger partial charge in [0.1, 0.15) is 6.04 Å². The lowest BCUT2D eigenvalue weighted by Crippen LogP contribution is -2.48. The lowest BCUT2D eigenvalue weighted by molar-refractivity contribution is -0.139. The van der Waals surface area contributed by atoms with Gasteiger partial charge in [-0.3, -0.25) is 0 Å². The van der Waals surface area contributed by atoms with Crippen LogP contribution in [0, 0.1) is 0 Å². The topological polar surface area (TPSA) is 78.9 Å². The van der Waals surface area contributed by atoms with Crippen LogP contribution in [0.15, 0.2) is 25.3 Å². The SMILES string of the molecule is C=CCN(CC=C)C(=O)NC(CCCOC)C(=O)O. The van der Waals surface area contributed by atoms with Crippen LogP contribution in [0.3, 0.4) is 0 Å². The van der Waals surface area contributed by atoms with E-state index < -0.39 is 18.0 Å². The molecule has 0 bridgehead atoms. The van der Waals surface area contributed by atoms with Crippen molar-refractivity contribution in [1.29, 1.82) is 0 Å². The Bertz CT molecular complexity index is 308. The van der Waals surface area contributed by atoms with Crippen molar-refractivity contribution >= 4 is 12.0 Å². The Kier molecular flexibility index (Phi) is 9.16. The summed E-state index contributed by atoms with van der Waals surface area (Å²) in [4.78, 5) is 24.4. The molecule has 0 aromatic heterocycles. The van der Waals surface area contributed by atoms with Crippen LogP contribution in [0.25, 0.3) is 0 Å². The van der Waals surface area contributed by atoms with Crippen LogP contribution in [0.1, 0.15) is 12.8 Å². The van der Waals surface area contributed by atoms with Gasteiger partial charge in [-0.2, -0.15) is 0 Å². The third-order valence-corrected chi connectivity index (χ3v) is 2.42. The highest BCUT2D eigenvalue weighted by Gasteiger charge is 2.21. The first-order valence-electron chi connectivity index (χ1n) is 6.05. The molecule has 19 heavy (non-hydrogen) atoms. The molecule has 0 rings (SSSR count). The second-order valence-electron chi connectivity index (χ2n) is 3.96. The van der Waals surface area contributed by atoms with Gasteiger partial charge in [-0.05, 0) is 12.8 Å². The van der Waals surface area contributed by atoms with Crippen LogP contribution >= 0.6 is 0 Å². The van der Waals surface area contributed by atoms with E-state index in [2.05, 4.69) is 18.5 Å². The highest BCUT2D eigenvalue weighted by molar-refractivity contribution is 5.82. The van der Waals surface area contributed by atoms with Crippen molar-refractivity contribution in [2.45, 2.75) is 18.9 Å². The minimum absolute atomic E-state index is 0.324. The predicted molar refractivity (Wildman–Crippen MR) is 73.0 cm³/mol. The van der Waals surface area contributed by atoms with E-state index in [1.165, 1.54) is 4.90 Å². The fourth-order valence-corrected chi connectivity index (χ4v) is 1.48. The van der Waals surface area contributed by atoms with Gasteiger partial charge in [0.05, 0.1) is 0 Å². The van der Waals surface area contributed by atoms with Gasteiger partial charge in [0.15, 0.2) is 0 Å². The van der Waals surface area contributed by atoms with Crippen molar-refractivity contribution in [3.05, 3.63) is 25.3 Å². The summed E-state index contributed by atoms with van der Waals surface area (Å²) < 4.78 is 4.86. The van der Waals surface area contributed by atoms with E-state index in [-0.39, 0.29) is 0 Å². The number of carboxylic acid groups (broad SMARTS) is 1. The zero-order chi connectivity index (χ0) is 14.7. The quantitative estimate of drug-likeness (QED) is 0.462. The van der Waals surface area contributed by atoms with Crippen LogP contribution in [0.2, 0.25) is 0 Å². The minimum Gasteiger partial charge on any atom is -0.480 e. The Morgan fingerprint density at radius 2 is 1.95 bits per heavy atom. The molecule has 0 radical (unpaired) electrons. The second-order valence-corrected chi connectivity index (χ2v) is 3.96. The highest BCUT2D eigenvalue weighted by Crippen LogP contribution is 2.00. The van der Waals surface area contributed by atoms with Gasteiger partial charge in [-0.1, -0.05) is 12.2 Å². The molecule has 0 aliphatic heterocycles. The van der Waals surface area contributed by atoms with Crippen LogP contribution in [0.5, 0.6) is 0 Å². The van der Waals surface area contributed by atoms with E-state index in [4.69, 9.17) is 9.84 Å². The van der Waals surface area contributed by atoms with Gasteiger partial charge in [0.25, 0.3) is 0 Å². The molecule has 2 amide bonds. The van der Waals surface area contributed by atoms with Gasteiger partial charge in [0.2, 0.25) is 0 Å². The molecular weight excluding hydrogens is 248 g/mol. The standard InChI is InChI=1S/C13H22N2O4/c1-4-8-15(9-5-2)13(18)14-11(12(16)17)7-6-10-19-3/h4-5,11H,1-2,6-10H2,3H3,(H,14,18)(H,16,17). The maximum Gasteiger partial charge on any atom is 0.326 e.